The van der Waals surface area contributed by atoms with Gasteiger partial charge in [-0.1, -0.05) is 18.2 Å². The van der Waals surface area contributed by atoms with E-state index in [1.54, 1.807) is 27.7 Å². The molecule has 0 saturated carbocycles. The van der Waals surface area contributed by atoms with Gasteiger partial charge in [0, 0.05) is 59.6 Å². The number of nitrogens with zero attached hydrogens (tertiary/aromatic N) is 5. The van der Waals surface area contributed by atoms with Crippen LogP contribution in [0.4, 0.5) is 0 Å². The van der Waals surface area contributed by atoms with Crippen molar-refractivity contribution in [2.75, 3.05) is 40.8 Å². The average Bonchev–Trinajstić information content (AvgIpc) is 3.31. The number of benzene rings is 1. The topological polar surface area (TPSA) is 88.0 Å². The second kappa shape index (κ2) is 13.8. The van der Waals surface area contributed by atoms with Gasteiger partial charge in [-0.2, -0.15) is 5.10 Å². The molecule has 1 aliphatic rings. The molecule has 0 bridgehead atoms. The third kappa shape index (κ3) is 8.06. The Kier molecular flexibility index (Phi) is 10.5. The molecule has 202 valence electrons. The van der Waals surface area contributed by atoms with Crippen LogP contribution in [0.25, 0.3) is 0 Å². The summed E-state index contributed by atoms with van der Waals surface area (Å²) in [4.78, 5) is 43.8. The van der Waals surface area contributed by atoms with E-state index >= 15 is 0 Å². The van der Waals surface area contributed by atoms with Crippen molar-refractivity contribution in [2.45, 2.75) is 57.4 Å². The molecular formula is C28H41N5O4. The second-order valence-corrected chi connectivity index (χ2v) is 9.89. The molecule has 0 fully saturated rings. The zero-order valence-electron chi connectivity index (χ0n) is 22.7. The first-order valence-corrected chi connectivity index (χ1v) is 13.2. The Morgan fingerprint density at radius 2 is 1.89 bits per heavy atom. The number of carbonyl (C=O) groups excluding carboxylic acids is 3. The lowest BCUT2D eigenvalue weighted by atomic mass is 10.1. The molecule has 0 saturated heterocycles. The minimum Gasteiger partial charge on any atom is -0.483 e. The number of fused-ring (bicyclic) bond motifs is 1. The molecule has 1 atom stereocenters. The van der Waals surface area contributed by atoms with Crippen molar-refractivity contribution < 1.29 is 19.1 Å². The maximum Gasteiger partial charge on any atom is 0.260 e. The molecule has 1 aromatic carbocycles. The zero-order valence-corrected chi connectivity index (χ0v) is 22.7. The third-order valence-electron chi connectivity index (χ3n) is 7.20. The lowest BCUT2D eigenvalue weighted by molar-refractivity contribution is -0.145. The maximum atomic E-state index is 13.3. The molecule has 1 aliphatic heterocycles. The van der Waals surface area contributed by atoms with Gasteiger partial charge in [0.25, 0.3) is 5.91 Å². The molecule has 3 amide bonds. The van der Waals surface area contributed by atoms with Gasteiger partial charge in [0.2, 0.25) is 11.8 Å². The molecular weight excluding hydrogens is 470 g/mol. The van der Waals surface area contributed by atoms with E-state index in [-0.39, 0.29) is 24.3 Å². The van der Waals surface area contributed by atoms with Gasteiger partial charge in [0.1, 0.15) is 11.8 Å². The van der Waals surface area contributed by atoms with Gasteiger partial charge in [-0.3, -0.25) is 19.1 Å². The van der Waals surface area contributed by atoms with Crippen LogP contribution in [-0.4, -0.2) is 89.1 Å². The summed E-state index contributed by atoms with van der Waals surface area (Å²) in [5.74, 6) is 0.552. The average molecular weight is 512 g/mol. The predicted molar refractivity (Wildman–Crippen MR) is 142 cm³/mol. The molecule has 0 spiro atoms. The minimum absolute atomic E-state index is 0.0479. The van der Waals surface area contributed by atoms with Crippen molar-refractivity contribution in [2.24, 2.45) is 7.05 Å². The summed E-state index contributed by atoms with van der Waals surface area (Å²) in [6.07, 6.45) is 7.51. The van der Waals surface area contributed by atoms with E-state index in [2.05, 4.69) is 5.10 Å². The summed E-state index contributed by atoms with van der Waals surface area (Å²) in [5.41, 5.74) is 2.12. The van der Waals surface area contributed by atoms with E-state index in [0.717, 1.165) is 49.1 Å². The Morgan fingerprint density at radius 3 is 2.65 bits per heavy atom. The van der Waals surface area contributed by atoms with Crippen LogP contribution in [0, 0.1) is 0 Å². The highest BCUT2D eigenvalue weighted by Gasteiger charge is 2.29. The van der Waals surface area contributed by atoms with E-state index in [1.165, 1.54) is 4.90 Å². The van der Waals surface area contributed by atoms with E-state index in [9.17, 15) is 14.4 Å². The Balaban J connectivity index is 1.54. The Hall–Kier alpha value is -3.36. The van der Waals surface area contributed by atoms with Gasteiger partial charge in [-0.25, -0.2) is 0 Å². The monoisotopic (exact) mass is 511 g/mol. The normalized spacial score (nSPS) is 17.4. The SMILES string of the molecule is CN(CCCC[C@H]1C(=O)N(C)CCCCc2ccccc2OCC(=O)N1C)C(=O)CCc1ccnn1C. The number of aryl methyl sites for hydroxylation is 3. The predicted octanol–water partition coefficient (Wildman–Crippen LogP) is 2.68. The Morgan fingerprint density at radius 1 is 1.11 bits per heavy atom. The van der Waals surface area contributed by atoms with Crippen LogP contribution in [0.1, 0.15) is 49.8 Å². The molecule has 0 aliphatic carbocycles. The van der Waals surface area contributed by atoms with Crippen molar-refractivity contribution in [1.82, 2.24) is 24.5 Å². The molecule has 0 N–H and O–H groups in total. The number of rotatable bonds is 8. The number of carbonyl (C=O) groups is 3. The van der Waals surface area contributed by atoms with Gasteiger partial charge in [-0.15, -0.1) is 0 Å². The number of hydrogen-bond donors (Lipinski definition) is 0. The molecule has 0 unspecified atom stereocenters. The summed E-state index contributed by atoms with van der Waals surface area (Å²) in [6, 6.07) is 9.18. The number of hydrogen-bond acceptors (Lipinski definition) is 5. The number of para-hydroxylation sites is 1. The summed E-state index contributed by atoms with van der Waals surface area (Å²) in [7, 11) is 7.18. The Labute approximate surface area is 220 Å². The van der Waals surface area contributed by atoms with Gasteiger partial charge >= 0.3 is 0 Å². The first-order valence-electron chi connectivity index (χ1n) is 13.2. The lowest BCUT2D eigenvalue weighted by Crippen LogP contribution is -2.49. The Bertz CT molecular complexity index is 1050. The smallest absolute Gasteiger partial charge is 0.260 e. The molecule has 0 radical (unpaired) electrons. The summed E-state index contributed by atoms with van der Waals surface area (Å²) in [5, 5.41) is 4.14. The molecule has 2 aromatic rings. The van der Waals surface area contributed by atoms with E-state index in [0.29, 0.717) is 32.4 Å². The summed E-state index contributed by atoms with van der Waals surface area (Å²) >= 11 is 0. The van der Waals surface area contributed by atoms with Crippen LogP contribution in [0.5, 0.6) is 5.75 Å². The van der Waals surface area contributed by atoms with Crippen LogP contribution in [0.3, 0.4) is 0 Å². The number of aromatic nitrogens is 2. The fourth-order valence-electron chi connectivity index (χ4n) is 4.66. The van der Waals surface area contributed by atoms with Gasteiger partial charge in [0.15, 0.2) is 6.61 Å². The zero-order chi connectivity index (χ0) is 26.8. The highest BCUT2D eigenvalue weighted by atomic mass is 16.5. The van der Waals surface area contributed by atoms with Crippen molar-refractivity contribution >= 4 is 17.7 Å². The molecule has 9 heteroatoms. The first kappa shape index (κ1) is 28.2. The van der Waals surface area contributed by atoms with E-state index < -0.39 is 6.04 Å². The largest absolute Gasteiger partial charge is 0.483 e. The number of likely N-dealkylation sites (N-methyl/N-ethyl adjacent to an activating group) is 2. The lowest BCUT2D eigenvalue weighted by Gasteiger charge is -2.31. The standard InChI is InChI=1S/C28H41N5O4/c1-30(26(34)16-15-23-17-18-29-33(23)4)19-10-8-13-24-28(36)31(2)20-9-7-12-22-11-5-6-14-25(22)37-21-27(35)32(24)3/h5-6,11,14,17-18,24H,7-10,12-13,15-16,19-21H2,1-4H3/t24-/m0/s1. The van der Waals surface area contributed by atoms with E-state index in [4.69, 9.17) is 4.74 Å². The molecule has 37 heavy (non-hydrogen) atoms. The quantitative estimate of drug-likeness (QED) is 0.509. The minimum atomic E-state index is -0.553. The fraction of sp³-hybridized carbons (Fsp3) is 0.571. The van der Waals surface area contributed by atoms with E-state index in [1.807, 2.05) is 51.5 Å². The third-order valence-corrected chi connectivity index (χ3v) is 7.20. The van der Waals surface area contributed by atoms with Crippen molar-refractivity contribution in [1.29, 1.82) is 0 Å². The highest BCUT2D eigenvalue weighted by Crippen LogP contribution is 2.21. The maximum absolute atomic E-state index is 13.3. The number of unbranched alkanes of at least 4 members (excludes halogenated alkanes) is 1. The number of ether oxygens (including phenoxy) is 1. The van der Waals surface area contributed by atoms with Crippen LogP contribution in [0.15, 0.2) is 36.5 Å². The fourth-order valence-corrected chi connectivity index (χ4v) is 4.66. The molecule has 3 rings (SSSR count). The first-order chi connectivity index (χ1) is 17.8. The van der Waals surface area contributed by atoms with Crippen LogP contribution >= 0.6 is 0 Å². The number of amides is 3. The van der Waals surface area contributed by atoms with Crippen molar-refractivity contribution in [3.05, 3.63) is 47.8 Å². The van der Waals surface area contributed by atoms with Gasteiger partial charge in [0.05, 0.1) is 0 Å². The molecule has 1 aromatic heterocycles. The summed E-state index contributed by atoms with van der Waals surface area (Å²) < 4.78 is 7.65. The van der Waals surface area contributed by atoms with Crippen LogP contribution in [-0.2, 0) is 34.3 Å². The van der Waals surface area contributed by atoms with Gasteiger partial charge < -0.3 is 19.4 Å². The van der Waals surface area contributed by atoms with Crippen LogP contribution < -0.4 is 4.74 Å². The van der Waals surface area contributed by atoms with Crippen LogP contribution in [0.2, 0.25) is 0 Å². The molecule has 2 heterocycles. The second-order valence-electron chi connectivity index (χ2n) is 9.89. The molecule has 9 nitrogen and oxygen atoms in total. The van der Waals surface area contributed by atoms with Gasteiger partial charge in [-0.05, 0) is 62.6 Å². The van der Waals surface area contributed by atoms with Crippen molar-refractivity contribution in [3.63, 3.8) is 0 Å². The highest BCUT2D eigenvalue weighted by molar-refractivity contribution is 5.88. The van der Waals surface area contributed by atoms with Crippen molar-refractivity contribution in [3.8, 4) is 5.75 Å². The summed E-state index contributed by atoms with van der Waals surface area (Å²) in [6.45, 7) is 1.15.